The maximum atomic E-state index is 13.2. The van der Waals surface area contributed by atoms with Crippen molar-refractivity contribution in [2.24, 2.45) is 0 Å². The molecule has 0 aliphatic carbocycles. The van der Waals surface area contributed by atoms with E-state index in [1.165, 1.54) is 24.3 Å². The second-order valence-corrected chi connectivity index (χ2v) is 7.84. The molecule has 9 nitrogen and oxygen atoms in total. The van der Waals surface area contributed by atoms with Gasteiger partial charge < -0.3 is 25.4 Å². The third-order valence-electron chi connectivity index (χ3n) is 5.05. The van der Waals surface area contributed by atoms with E-state index < -0.39 is 11.7 Å². The lowest BCUT2D eigenvalue weighted by Crippen LogP contribution is -2.17. The number of nitrogens with zero attached hydrogens (tertiary/aromatic N) is 1. The van der Waals surface area contributed by atoms with Gasteiger partial charge in [0.2, 0.25) is 11.8 Å². The zero-order valence-corrected chi connectivity index (χ0v) is 20.7. The van der Waals surface area contributed by atoms with Crippen molar-refractivity contribution in [3.05, 3.63) is 72.2 Å². The Labute approximate surface area is 214 Å². The number of ether oxygens (including phenoxy) is 2. The largest absolute Gasteiger partial charge is 0.492 e. The molecule has 0 saturated carbocycles. The molecule has 37 heavy (non-hydrogen) atoms. The molecule has 3 amide bonds. The number of nitrogens with one attached hydrogen (secondary N) is 3. The molecular formula is C27H29FN4O5. The summed E-state index contributed by atoms with van der Waals surface area (Å²) in [7, 11) is 0. The fourth-order valence-corrected chi connectivity index (χ4v) is 3.37. The molecule has 3 N–H and O–H groups in total. The number of hydrogen-bond donors (Lipinski definition) is 3. The fraction of sp³-hybridized carbons (Fsp3) is 0.259. The molecule has 1 heterocycles. The molecule has 0 spiro atoms. The lowest BCUT2D eigenvalue weighted by Gasteiger charge is -2.18. The van der Waals surface area contributed by atoms with E-state index in [0.29, 0.717) is 48.3 Å². The Bertz CT molecular complexity index is 1220. The predicted octanol–water partition coefficient (Wildman–Crippen LogP) is 5.02. The van der Waals surface area contributed by atoms with Crippen molar-refractivity contribution in [2.45, 2.75) is 33.1 Å². The minimum atomic E-state index is -0.454. The highest BCUT2D eigenvalue weighted by atomic mass is 19.1. The van der Waals surface area contributed by atoms with Gasteiger partial charge in [0.1, 0.15) is 23.1 Å². The first-order chi connectivity index (χ1) is 17.9. The van der Waals surface area contributed by atoms with Crippen molar-refractivity contribution in [1.82, 2.24) is 4.98 Å². The summed E-state index contributed by atoms with van der Waals surface area (Å²) in [5.41, 5.74) is 0.975. The smallest absolute Gasteiger partial charge is 0.255 e. The van der Waals surface area contributed by atoms with Crippen LogP contribution in [0.15, 0.2) is 60.8 Å². The molecule has 0 aliphatic heterocycles. The number of amides is 3. The average Bonchev–Trinajstić information content (AvgIpc) is 2.87. The minimum Gasteiger partial charge on any atom is -0.492 e. The van der Waals surface area contributed by atoms with Crippen molar-refractivity contribution < 1.29 is 28.2 Å². The van der Waals surface area contributed by atoms with E-state index in [9.17, 15) is 18.8 Å². The molecule has 0 aliphatic rings. The summed E-state index contributed by atoms with van der Waals surface area (Å²) in [4.78, 5) is 41.4. The maximum Gasteiger partial charge on any atom is 0.255 e. The van der Waals surface area contributed by atoms with Crippen molar-refractivity contribution >= 4 is 34.9 Å². The van der Waals surface area contributed by atoms with E-state index in [1.54, 1.807) is 50.4 Å². The summed E-state index contributed by atoms with van der Waals surface area (Å²) >= 11 is 0. The van der Waals surface area contributed by atoms with E-state index >= 15 is 0 Å². The van der Waals surface area contributed by atoms with Crippen molar-refractivity contribution in [3.63, 3.8) is 0 Å². The van der Waals surface area contributed by atoms with Crippen LogP contribution in [0.4, 0.5) is 21.6 Å². The highest BCUT2D eigenvalue weighted by molar-refractivity contribution is 6.05. The monoisotopic (exact) mass is 508 g/mol. The van der Waals surface area contributed by atoms with Gasteiger partial charge in [0.05, 0.1) is 24.6 Å². The van der Waals surface area contributed by atoms with Crippen LogP contribution in [0.5, 0.6) is 11.5 Å². The number of benzene rings is 2. The number of hydrogen-bond acceptors (Lipinski definition) is 6. The van der Waals surface area contributed by atoms with E-state index in [0.717, 1.165) is 0 Å². The molecule has 0 radical (unpaired) electrons. The van der Waals surface area contributed by atoms with Crippen molar-refractivity contribution in [2.75, 3.05) is 29.2 Å². The van der Waals surface area contributed by atoms with Gasteiger partial charge in [-0.1, -0.05) is 6.07 Å². The van der Waals surface area contributed by atoms with Crippen molar-refractivity contribution in [3.8, 4) is 11.5 Å². The normalized spacial score (nSPS) is 10.4. The number of anilines is 3. The molecule has 2 aromatic carbocycles. The van der Waals surface area contributed by atoms with Crippen LogP contribution < -0.4 is 25.4 Å². The van der Waals surface area contributed by atoms with Crippen LogP contribution in [0.2, 0.25) is 0 Å². The van der Waals surface area contributed by atoms with Gasteiger partial charge in [0.15, 0.2) is 0 Å². The average molecular weight is 509 g/mol. The van der Waals surface area contributed by atoms with Gasteiger partial charge in [-0.25, -0.2) is 9.37 Å². The van der Waals surface area contributed by atoms with E-state index in [2.05, 4.69) is 20.9 Å². The minimum absolute atomic E-state index is 0.105. The quantitative estimate of drug-likeness (QED) is 0.316. The highest BCUT2D eigenvalue weighted by Gasteiger charge is 2.17. The number of aromatic nitrogens is 1. The zero-order chi connectivity index (χ0) is 26.6. The summed E-state index contributed by atoms with van der Waals surface area (Å²) in [5, 5.41) is 8.22. The second-order valence-electron chi connectivity index (χ2n) is 7.84. The molecule has 3 rings (SSSR count). The van der Waals surface area contributed by atoms with Gasteiger partial charge in [0.25, 0.3) is 5.91 Å². The molecule has 10 heteroatoms. The molecular weight excluding hydrogens is 479 g/mol. The SMILES string of the molecule is CCOc1cc(NC(=O)c2ccc(F)cc2)c(OCC)cc1NC(=O)CCCC(=O)Nc1ccccn1. The first-order valence-corrected chi connectivity index (χ1v) is 11.9. The van der Waals surface area contributed by atoms with Gasteiger partial charge in [0, 0.05) is 36.7 Å². The Morgan fingerprint density at radius 3 is 1.97 bits per heavy atom. The van der Waals surface area contributed by atoms with E-state index in [4.69, 9.17) is 9.47 Å². The summed E-state index contributed by atoms with van der Waals surface area (Å²) in [6.45, 7) is 4.21. The second kappa shape index (κ2) is 13.6. The third kappa shape index (κ3) is 8.31. The van der Waals surface area contributed by atoms with Crippen LogP contribution in [0.1, 0.15) is 43.5 Å². The van der Waals surface area contributed by atoms with Crippen LogP contribution in [-0.2, 0) is 9.59 Å². The molecule has 0 unspecified atom stereocenters. The predicted molar refractivity (Wildman–Crippen MR) is 138 cm³/mol. The van der Waals surface area contributed by atoms with Gasteiger partial charge in [-0.3, -0.25) is 14.4 Å². The Kier molecular flexibility index (Phi) is 9.95. The Morgan fingerprint density at radius 2 is 1.41 bits per heavy atom. The number of halogens is 1. The molecule has 0 fully saturated rings. The summed E-state index contributed by atoms with van der Waals surface area (Å²) in [5.74, 6) is -0.330. The number of pyridine rings is 1. The highest BCUT2D eigenvalue weighted by Crippen LogP contribution is 2.37. The molecule has 194 valence electrons. The Balaban J connectivity index is 1.66. The van der Waals surface area contributed by atoms with Crippen molar-refractivity contribution in [1.29, 1.82) is 0 Å². The summed E-state index contributed by atoms with van der Waals surface area (Å²) in [6.07, 6.45) is 2.17. The Hall–Kier alpha value is -4.47. The maximum absolute atomic E-state index is 13.2. The van der Waals surface area contributed by atoms with Crippen LogP contribution in [-0.4, -0.2) is 35.9 Å². The fourth-order valence-electron chi connectivity index (χ4n) is 3.37. The number of carbonyl (C=O) groups excluding carboxylic acids is 3. The number of carbonyl (C=O) groups is 3. The first kappa shape index (κ1) is 27.1. The Morgan fingerprint density at radius 1 is 0.811 bits per heavy atom. The molecule has 0 atom stereocenters. The molecule has 0 bridgehead atoms. The summed E-state index contributed by atoms with van der Waals surface area (Å²) < 4.78 is 24.6. The first-order valence-electron chi connectivity index (χ1n) is 11.9. The number of rotatable bonds is 12. The van der Waals surface area contributed by atoms with Crippen LogP contribution in [0.25, 0.3) is 0 Å². The van der Waals surface area contributed by atoms with Gasteiger partial charge in [-0.15, -0.1) is 0 Å². The third-order valence-corrected chi connectivity index (χ3v) is 5.05. The standard InChI is InChI=1S/C27H29FN4O5/c1-3-36-22-17-21(31-27(35)18-11-13-19(28)14-12-18)23(37-4-2)16-20(22)30-25(33)9-7-10-26(34)32-24-8-5-6-15-29-24/h5-6,8,11-17H,3-4,7,9-10H2,1-2H3,(H,30,33)(H,31,35)(H,29,32,34). The van der Waals surface area contributed by atoms with Crippen LogP contribution in [0.3, 0.4) is 0 Å². The van der Waals surface area contributed by atoms with Crippen LogP contribution >= 0.6 is 0 Å². The van der Waals surface area contributed by atoms with Gasteiger partial charge in [-0.2, -0.15) is 0 Å². The van der Waals surface area contributed by atoms with Gasteiger partial charge in [-0.05, 0) is 56.7 Å². The lowest BCUT2D eigenvalue weighted by molar-refractivity contribution is -0.117. The van der Waals surface area contributed by atoms with E-state index in [-0.39, 0.29) is 30.2 Å². The zero-order valence-electron chi connectivity index (χ0n) is 20.7. The lowest BCUT2D eigenvalue weighted by atomic mass is 10.1. The molecule has 0 saturated heterocycles. The van der Waals surface area contributed by atoms with Crippen LogP contribution in [0, 0.1) is 5.82 Å². The molecule has 3 aromatic rings. The van der Waals surface area contributed by atoms with Gasteiger partial charge >= 0.3 is 0 Å². The van der Waals surface area contributed by atoms with E-state index in [1.807, 2.05) is 0 Å². The topological polar surface area (TPSA) is 119 Å². The summed E-state index contributed by atoms with van der Waals surface area (Å²) in [6, 6.07) is 13.5. The molecule has 1 aromatic heterocycles.